The fourth-order valence-corrected chi connectivity index (χ4v) is 2.27. The van der Waals surface area contributed by atoms with Crippen molar-refractivity contribution in [2.24, 2.45) is 5.73 Å². The minimum absolute atomic E-state index is 0.137. The Morgan fingerprint density at radius 2 is 2.04 bits per heavy atom. The lowest BCUT2D eigenvalue weighted by molar-refractivity contribution is -0.121. The van der Waals surface area contributed by atoms with Crippen LogP contribution in [0.4, 0.5) is 0 Å². The number of rotatable bonds is 6. The standard InChI is InChI=1S/C15H20N6O2/c1-9-5-4-6-14(17-9)21-15(18-10(2)20-21)12(19-11(3)22)7-8-13(16)23/h4-6,12H,7-8H2,1-3H3,(H2,16,23)(H,19,22)/t12-/m0/s1. The molecule has 0 aromatic carbocycles. The Kier molecular flexibility index (Phi) is 5.05. The van der Waals surface area contributed by atoms with Gasteiger partial charge in [0.05, 0.1) is 6.04 Å². The maximum absolute atomic E-state index is 11.5. The second-order valence-electron chi connectivity index (χ2n) is 5.32. The summed E-state index contributed by atoms with van der Waals surface area (Å²) in [6.07, 6.45) is 0.483. The number of nitrogens with one attached hydrogen (secondary N) is 1. The zero-order valence-electron chi connectivity index (χ0n) is 13.4. The summed E-state index contributed by atoms with van der Waals surface area (Å²) in [4.78, 5) is 31.4. The summed E-state index contributed by atoms with van der Waals surface area (Å²) >= 11 is 0. The molecule has 2 aromatic heterocycles. The molecular formula is C15H20N6O2. The zero-order chi connectivity index (χ0) is 17.0. The van der Waals surface area contributed by atoms with E-state index in [1.807, 2.05) is 25.1 Å². The van der Waals surface area contributed by atoms with Crippen LogP contribution >= 0.6 is 0 Å². The molecule has 0 spiro atoms. The van der Waals surface area contributed by atoms with Crippen molar-refractivity contribution in [3.63, 3.8) is 0 Å². The molecule has 122 valence electrons. The first kappa shape index (κ1) is 16.6. The van der Waals surface area contributed by atoms with Crippen molar-refractivity contribution in [2.75, 3.05) is 0 Å². The van der Waals surface area contributed by atoms with Crippen LogP contribution in [-0.4, -0.2) is 31.6 Å². The highest BCUT2D eigenvalue weighted by atomic mass is 16.1. The van der Waals surface area contributed by atoms with E-state index in [1.165, 1.54) is 6.92 Å². The van der Waals surface area contributed by atoms with Crippen molar-refractivity contribution in [1.29, 1.82) is 0 Å². The molecule has 0 saturated carbocycles. The third-order valence-electron chi connectivity index (χ3n) is 3.20. The van der Waals surface area contributed by atoms with Gasteiger partial charge in [-0.05, 0) is 32.4 Å². The summed E-state index contributed by atoms with van der Waals surface area (Å²) in [5.41, 5.74) is 6.06. The number of aromatic nitrogens is 4. The SMILES string of the molecule is CC(=O)N[C@@H](CCC(N)=O)c1nc(C)nn1-c1cccc(C)n1. The van der Waals surface area contributed by atoms with Gasteiger partial charge in [0, 0.05) is 19.0 Å². The number of hydrogen-bond acceptors (Lipinski definition) is 5. The maximum atomic E-state index is 11.5. The van der Waals surface area contributed by atoms with Gasteiger partial charge in [0.1, 0.15) is 5.82 Å². The number of carbonyl (C=O) groups is 2. The Labute approximate surface area is 134 Å². The molecule has 2 rings (SSSR count). The first-order valence-corrected chi connectivity index (χ1v) is 7.30. The zero-order valence-corrected chi connectivity index (χ0v) is 13.4. The molecule has 0 fully saturated rings. The molecule has 1 atom stereocenters. The number of hydrogen-bond donors (Lipinski definition) is 2. The van der Waals surface area contributed by atoms with Crippen LogP contribution in [0.2, 0.25) is 0 Å². The van der Waals surface area contributed by atoms with E-state index in [2.05, 4.69) is 20.4 Å². The van der Waals surface area contributed by atoms with E-state index in [4.69, 9.17) is 5.73 Å². The lowest BCUT2D eigenvalue weighted by atomic mass is 10.1. The molecule has 0 bridgehead atoms. The van der Waals surface area contributed by atoms with E-state index in [0.29, 0.717) is 23.9 Å². The molecule has 0 aliphatic carbocycles. The molecule has 0 aliphatic rings. The highest BCUT2D eigenvalue weighted by Crippen LogP contribution is 2.20. The number of carbonyl (C=O) groups excluding carboxylic acids is 2. The first-order valence-electron chi connectivity index (χ1n) is 7.30. The molecule has 0 unspecified atom stereocenters. The second-order valence-corrected chi connectivity index (χ2v) is 5.32. The third-order valence-corrected chi connectivity index (χ3v) is 3.20. The number of amides is 2. The Balaban J connectivity index is 2.42. The molecule has 0 saturated heterocycles. The van der Waals surface area contributed by atoms with E-state index in [9.17, 15) is 9.59 Å². The predicted octanol–water partition coefficient (Wildman–Crippen LogP) is 0.722. The van der Waals surface area contributed by atoms with Crippen molar-refractivity contribution in [3.8, 4) is 5.82 Å². The van der Waals surface area contributed by atoms with Crippen LogP contribution < -0.4 is 11.1 Å². The van der Waals surface area contributed by atoms with Gasteiger partial charge >= 0.3 is 0 Å². The van der Waals surface area contributed by atoms with E-state index in [-0.39, 0.29) is 12.3 Å². The monoisotopic (exact) mass is 316 g/mol. The van der Waals surface area contributed by atoms with E-state index in [1.54, 1.807) is 11.6 Å². The normalized spacial score (nSPS) is 12.0. The predicted molar refractivity (Wildman–Crippen MR) is 83.6 cm³/mol. The van der Waals surface area contributed by atoms with E-state index < -0.39 is 11.9 Å². The molecule has 23 heavy (non-hydrogen) atoms. The van der Waals surface area contributed by atoms with Crippen LogP contribution in [0.1, 0.15) is 43.1 Å². The van der Waals surface area contributed by atoms with Crippen molar-refractivity contribution < 1.29 is 9.59 Å². The Morgan fingerprint density at radius 1 is 1.30 bits per heavy atom. The van der Waals surface area contributed by atoms with Crippen molar-refractivity contribution in [2.45, 2.75) is 39.7 Å². The minimum Gasteiger partial charge on any atom is -0.370 e. The molecular weight excluding hydrogens is 296 g/mol. The first-order chi connectivity index (χ1) is 10.9. The molecule has 2 amide bonds. The van der Waals surface area contributed by atoms with E-state index in [0.717, 1.165) is 5.69 Å². The van der Waals surface area contributed by atoms with Crippen molar-refractivity contribution >= 4 is 11.8 Å². The highest BCUT2D eigenvalue weighted by molar-refractivity contribution is 5.75. The Morgan fingerprint density at radius 3 is 2.65 bits per heavy atom. The van der Waals surface area contributed by atoms with Gasteiger partial charge in [-0.3, -0.25) is 9.59 Å². The summed E-state index contributed by atoms with van der Waals surface area (Å²) in [5, 5.41) is 7.14. The van der Waals surface area contributed by atoms with Gasteiger partial charge in [0.15, 0.2) is 11.6 Å². The molecule has 2 heterocycles. The number of aryl methyl sites for hydroxylation is 2. The summed E-state index contributed by atoms with van der Waals surface area (Å²) in [6, 6.07) is 5.09. The van der Waals surface area contributed by atoms with Gasteiger partial charge in [-0.15, -0.1) is 5.10 Å². The number of primary amides is 1. The Hall–Kier alpha value is -2.77. The van der Waals surface area contributed by atoms with Gasteiger partial charge in [-0.1, -0.05) is 6.07 Å². The topological polar surface area (TPSA) is 116 Å². The molecule has 8 nitrogen and oxygen atoms in total. The van der Waals surface area contributed by atoms with Crippen LogP contribution in [0.15, 0.2) is 18.2 Å². The van der Waals surface area contributed by atoms with E-state index >= 15 is 0 Å². The van der Waals surface area contributed by atoms with Crippen LogP contribution in [0.5, 0.6) is 0 Å². The van der Waals surface area contributed by atoms with Crippen molar-refractivity contribution in [1.82, 2.24) is 25.1 Å². The van der Waals surface area contributed by atoms with Gasteiger partial charge in [0.2, 0.25) is 11.8 Å². The van der Waals surface area contributed by atoms with Crippen LogP contribution in [0.25, 0.3) is 5.82 Å². The van der Waals surface area contributed by atoms with Gasteiger partial charge in [-0.2, -0.15) is 4.68 Å². The summed E-state index contributed by atoms with van der Waals surface area (Å²) in [7, 11) is 0. The van der Waals surface area contributed by atoms with Crippen LogP contribution in [-0.2, 0) is 9.59 Å². The summed E-state index contributed by atoms with van der Waals surface area (Å²) in [6.45, 7) is 5.05. The van der Waals surface area contributed by atoms with Gasteiger partial charge in [-0.25, -0.2) is 9.97 Å². The average molecular weight is 316 g/mol. The number of nitrogens with zero attached hydrogens (tertiary/aromatic N) is 4. The van der Waals surface area contributed by atoms with Gasteiger partial charge < -0.3 is 11.1 Å². The summed E-state index contributed by atoms with van der Waals surface area (Å²) in [5.74, 6) is 1.03. The second kappa shape index (κ2) is 6.99. The average Bonchev–Trinajstić information content (AvgIpc) is 2.85. The van der Waals surface area contributed by atoms with Crippen molar-refractivity contribution in [3.05, 3.63) is 35.5 Å². The lowest BCUT2D eigenvalue weighted by Crippen LogP contribution is -2.29. The Bertz CT molecular complexity index is 725. The fourth-order valence-electron chi connectivity index (χ4n) is 2.27. The largest absolute Gasteiger partial charge is 0.370 e. The molecule has 0 radical (unpaired) electrons. The van der Waals surface area contributed by atoms with Crippen LogP contribution in [0.3, 0.4) is 0 Å². The molecule has 0 aliphatic heterocycles. The molecule has 8 heteroatoms. The van der Waals surface area contributed by atoms with Crippen LogP contribution in [0, 0.1) is 13.8 Å². The quantitative estimate of drug-likeness (QED) is 0.814. The minimum atomic E-state index is -0.469. The number of pyridine rings is 1. The fraction of sp³-hybridized carbons (Fsp3) is 0.400. The van der Waals surface area contributed by atoms with Gasteiger partial charge in [0.25, 0.3) is 0 Å². The number of nitrogens with two attached hydrogens (primary N) is 1. The maximum Gasteiger partial charge on any atom is 0.217 e. The lowest BCUT2D eigenvalue weighted by Gasteiger charge is -2.17. The molecule has 3 N–H and O–H groups in total. The summed E-state index contributed by atoms with van der Waals surface area (Å²) < 4.78 is 1.59. The third kappa shape index (κ3) is 4.35. The highest BCUT2D eigenvalue weighted by Gasteiger charge is 2.22. The molecule has 2 aromatic rings. The smallest absolute Gasteiger partial charge is 0.217 e.